The summed E-state index contributed by atoms with van der Waals surface area (Å²) in [5, 5.41) is 2.87. The number of carbonyl (C=O) groups is 2. The number of benzene rings is 2. The number of hydrogen-bond donors (Lipinski definition) is 1. The summed E-state index contributed by atoms with van der Waals surface area (Å²) in [6, 6.07) is 19.0. The minimum atomic E-state index is -0.318. The first-order chi connectivity index (χ1) is 11.5. The second-order valence-corrected chi connectivity index (χ2v) is 6.92. The van der Waals surface area contributed by atoms with E-state index in [1.54, 1.807) is 4.90 Å². The maximum atomic E-state index is 12.9. The maximum absolute atomic E-state index is 12.9. The molecule has 2 amide bonds. The van der Waals surface area contributed by atoms with Gasteiger partial charge in [0.25, 0.3) is 0 Å². The highest BCUT2D eigenvalue weighted by molar-refractivity contribution is 6.02. The molecule has 1 saturated heterocycles. The van der Waals surface area contributed by atoms with Gasteiger partial charge in [-0.2, -0.15) is 0 Å². The molecular weight excluding hydrogens is 300 g/mol. The van der Waals surface area contributed by atoms with Gasteiger partial charge in [-0.25, -0.2) is 0 Å². The van der Waals surface area contributed by atoms with Gasteiger partial charge in [-0.05, 0) is 29.7 Å². The highest BCUT2D eigenvalue weighted by atomic mass is 16.2. The zero-order chi connectivity index (χ0) is 17.2. The number of anilines is 2. The van der Waals surface area contributed by atoms with Crippen LogP contribution in [0.1, 0.15) is 20.3 Å². The molecule has 0 aromatic heterocycles. The van der Waals surface area contributed by atoms with Crippen LogP contribution >= 0.6 is 0 Å². The molecule has 2 aromatic carbocycles. The largest absolute Gasteiger partial charge is 0.326 e. The fraction of sp³-hybridized carbons (Fsp3) is 0.300. The number of para-hydroxylation sites is 2. The summed E-state index contributed by atoms with van der Waals surface area (Å²) >= 11 is 0. The van der Waals surface area contributed by atoms with Crippen molar-refractivity contribution in [2.24, 2.45) is 11.3 Å². The summed E-state index contributed by atoms with van der Waals surface area (Å²) in [6.45, 7) is 4.72. The van der Waals surface area contributed by atoms with Crippen LogP contribution in [-0.4, -0.2) is 18.4 Å². The first kappa shape index (κ1) is 16.2. The third kappa shape index (κ3) is 3.32. The lowest BCUT2D eigenvalue weighted by molar-refractivity contribution is -0.126. The van der Waals surface area contributed by atoms with Crippen molar-refractivity contribution in [1.29, 1.82) is 0 Å². The van der Waals surface area contributed by atoms with Gasteiger partial charge in [0.15, 0.2) is 0 Å². The average molecular weight is 322 g/mol. The lowest BCUT2D eigenvalue weighted by Gasteiger charge is -2.23. The molecule has 0 spiro atoms. The first-order valence-corrected chi connectivity index (χ1v) is 8.19. The summed E-state index contributed by atoms with van der Waals surface area (Å²) < 4.78 is 0. The van der Waals surface area contributed by atoms with Crippen molar-refractivity contribution in [3.8, 4) is 0 Å². The number of nitrogens with one attached hydrogen (secondary N) is 1. The SMILES string of the molecule is CC1(C)CN(c2ccccc2)C(=O)[C@@H]1CC(=O)Nc1ccccc1. The van der Waals surface area contributed by atoms with Crippen molar-refractivity contribution in [3.63, 3.8) is 0 Å². The fourth-order valence-electron chi connectivity index (χ4n) is 3.23. The molecule has 4 nitrogen and oxygen atoms in total. The number of amides is 2. The molecule has 24 heavy (non-hydrogen) atoms. The Morgan fingerprint density at radius 1 is 1.08 bits per heavy atom. The van der Waals surface area contributed by atoms with E-state index < -0.39 is 0 Å². The second kappa shape index (κ2) is 6.48. The van der Waals surface area contributed by atoms with E-state index in [1.807, 2.05) is 74.5 Å². The van der Waals surface area contributed by atoms with Crippen LogP contribution in [0.15, 0.2) is 60.7 Å². The topological polar surface area (TPSA) is 49.4 Å². The first-order valence-electron chi connectivity index (χ1n) is 8.19. The Labute approximate surface area is 142 Å². The number of carbonyl (C=O) groups excluding carboxylic acids is 2. The molecule has 0 radical (unpaired) electrons. The molecule has 3 rings (SSSR count). The zero-order valence-corrected chi connectivity index (χ0v) is 14.0. The molecular formula is C20H22N2O2. The minimum Gasteiger partial charge on any atom is -0.326 e. The predicted octanol–water partition coefficient (Wildman–Crippen LogP) is 3.70. The van der Waals surface area contributed by atoms with Gasteiger partial charge in [0.1, 0.15) is 0 Å². The Kier molecular flexibility index (Phi) is 4.38. The van der Waals surface area contributed by atoms with Crippen molar-refractivity contribution in [1.82, 2.24) is 0 Å². The van der Waals surface area contributed by atoms with E-state index in [-0.39, 0.29) is 29.6 Å². The van der Waals surface area contributed by atoms with Gasteiger partial charge < -0.3 is 10.2 Å². The van der Waals surface area contributed by atoms with E-state index in [0.717, 1.165) is 11.4 Å². The smallest absolute Gasteiger partial charge is 0.231 e. The van der Waals surface area contributed by atoms with Crippen LogP contribution in [0.4, 0.5) is 11.4 Å². The van der Waals surface area contributed by atoms with Crippen LogP contribution in [0.3, 0.4) is 0 Å². The van der Waals surface area contributed by atoms with E-state index in [2.05, 4.69) is 5.32 Å². The Hall–Kier alpha value is -2.62. The minimum absolute atomic E-state index is 0.0226. The molecule has 1 aliphatic rings. The molecule has 1 fully saturated rings. The van der Waals surface area contributed by atoms with Crippen molar-refractivity contribution in [2.45, 2.75) is 20.3 Å². The van der Waals surface area contributed by atoms with Crippen LogP contribution in [0.25, 0.3) is 0 Å². The molecule has 0 unspecified atom stereocenters. The van der Waals surface area contributed by atoms with Crippen LogP contribution < -0.4 is 10.2 Å². The zero-order valence-electron chi connectivity index (χ0n) is 14.0. The van der Waals surface area contributed by atoms with Gasteiger partial charge in [-0.3, -0.25) is 9.59 Å². The van der Waals surface area contributed by atoms with E-state index in [4.69, 9.17) is 0 Å². The summed E-state index contributed by atoms with van der Waals surface area (Å²) in [6.07, 6.45) is 0.198. The van der Waals surface area contributed by atoms with Crippen LogP contribution in [0.2, 0.25) is 0 Å². The number of rotatable bonds is 4. The van der Waals surface area contributed by atoms with Crippen molar-refractivity contribution in [3.05, 3.63) is 60.7 Å². The monoisotopic (exact) mass is 322 g/mol. The van der Waals surface area contributed by atoms with Crippen molar-refractivity contribution in [2.75, 3.05) is 16.8 Å². The molecule has 0 aliphatic carbocycles. The van der Waals surface area contributed by atoms with Gasteiger partial charge in [0.2, 0.25) is 11.8 Å². The predicted molar refractivity (Wildman–Crippen MR) is 95.8 cm³/mol. The summed E-state index contributed by atoms with van der Waals surface area (Å²) in [5.41, 5.74) is 1.40. The standard InChI is InChI=1S/C20H22N2O2/c1-20(2)14-22(16-11-7-4-8-12-16)19(24)17(20)13-18(23)21-15-9-5-3-6-10-15/h3-12,17H,13-14H2,1-2H3,(H,21,23)/t17-/m0/s1. The Bertz CT molecular complexity index is 726. The molecule has 124 valence electrons. The molecule has 0 saturated carbocycles. The molecule has 1 N–H and O–H groups in total. The lowest BCUT2D eigenvalue weighted by Crippen LogP contribution is -2.30. The summed E-state index contributed by atoms with van der Waals surface area (Å²) in [4.78, 5) is 27.0. The Morgan fingerprint density at radius 3 is 2.29 bits per heavy atom. The molecule has 1 aliphatic heterocycles. The van der Waals surface area contributed by atoms with E-state index in [9.17, 15) is 9.59 Å². The quantitative estimate of drug-likeness (QED) is 0.933. The van der Waals surface area contributed by atoms with Crippen LogP contribution in [-0.2, 0) is 9.59 Å². The van der Waals surface area contributed by atoms with E-state index in [1.165, 1.54) is 0 Å². The highest BCUT2D eigenvalue weighted by Crippen LogP contribution is 2.40. The Morgan fingerprint density at radius 2 is 1.67 bits per heavy atom. The Balaban J connectivity index is 1.73. The molecule has 1 heterocycles. The third-order valence-corrected chi connectivity index (χ3v) is 4.59. The summed E-state index contributed by atoms with van der Waals surface area (Å²) in [5.74, 6) is -0.418. The molecule has 2 aromatic rings. The highest BCUT2D eigenvalue weighted by Gasteiger charge is 2.47. The van der Waals surface area contributed by atoms with E-state index in [0.29, 0.717) is 6.54 Å². The molecule has 1 atom stereocenters. The van der Waals surface area contributed by atoms with Crippen LogP contribution in [0.5, 0.6) is 0 Å². The van der Waals surface area contributed by atoms with Crippen molar-refractivity contribution >= 4 is 23.2 Å². The third-order valence-electron chi connectivity index (χ3n) is 4.59. The van der Waals surface area contributed by atoms with Gasteiger partial charge in [0.05, 0.1) is 5.92 Å². The molecule has 0 bridgehead atoms. The second-order valence-electron chi connectivity index (χ2n) is 6.92. The van der Waals surface area contributed by atoms with Gasteiger partial charge in [0, 0.05) is 24.3 Å². The number of nitrogens with zero attached hydrogens (tertiary/aromatic N) is 1. The number of hydrogen-bond acceptors (Lipinski definition) is 2. The van der Waals surface area contributed by atoms with E-state index >= 15 is 0 Å². The van der Waals surface area contributed by atoms with Crippen molar-refractivity contribution < 1.29 is 9.59 Å². The van der Waals surface area contributed by atoms with Gasteiger partial charge in [-0.15, -0.1) is 0 Å². The normalized spacial score (nSPS) is 19.3. The van der Waals surface area contributed by atoms with Gasteiger partial charge in [-0.1, -0.05) is 50.2 Å². The lowest BCUT2D eigenvalue weighted by atomic mass is 9.79. The molecule has 4 heteroatoms. The average Bonchev–Trinajstić information content (AvgIpc) is 2.80. The maximum Gasteiger partial charge on any atom is 0.231 e. The van der Waals surface area contributed by atoms with Crippen LogP contribution in [0, 0.1) is 11.3 Å². The van der Waals surface area contributed by atoms with Gasteiger partial charge >= 0.3 is 0 Å². The fourth-order valence-corrected chi connectivity index (χ4v) is 3.23. The summed E-state index contributed by atoms with van der Waals surface area (Å²) in [7, 11) is 0.